The predicted molar refractivity (Wildman–Crippen MR) is 37.8 cm³/mol. The van der Waals surface area contributed by atoms with Gasteiger partial charge in [0.15, 0.2) is 0 Å². The number of nitrogens with zero attached hydrogens (tertiary/aromatic N) is 2. The summed E-state index contributed by atoms with van der Waals surface area (Å²) < 4.78 is 20.5. The Morgan fingerprint density at radius 1 is 1.20 bits per heavy atom. The fourth-order valence-electron chi connectivity index (χ4n) is 1.00. The highest BCUT2D eigenvalue weighted by atomic mass is 31.2. The van der Waals surface area contributed by atoms with Crippen molar-refractivity contribution < 1.29 is 9.09 Å². The van der Waals surface area contributed by atoms with Gasteiger partial charge in [-0.05, 0) is 0 Å². The van der Waals surface area contributed by atoms with Crippen LogP contribution in [0.3, 0.4) is 0 Å². The Bertz CT molecular complexity index is 172. The Balaban J connectivity index is 2.11. The zero-order valence-electron chi connectivity index (χ0n) is 5.99. The van der Waals surface area contributed by atoms with Crippen LogP contribution in [0.25, 0.3) is 0 Å². The van der Waals surface area contributed by atoms with Crippen molar-refractivity contribution in [1.29, 1.82) is 0 Å². The molecule has 0 aromatic heterocycles. The number of hydrogen-bond donors (Lipinski definition) is 0. The van der Waals surface area contributed by atoms with Gasteiger partial charge >= 0.3 is 7.67 Å². The summed E-state index contributed by atoms with van der Waals surface area (Å²) in [6.45, 7) is 3.73. The van der Waals surface area contributed by atoms with Crippen LogP contribution in [0.5, 0.6) is 0 Å². The fraction of sp³-hybridized carbons (Fsp3) is 1.00. The molecule has 5 heteroatoms. The molecule has 0 aromatic rings. The van der Waals surface area contributed by atoms with Gasteiger partial charge in [-0.1, -0.05) is 0 Å². The zero-order valence-corrected chi connectivity index (χ0v) is 6.88. The molecule has 10 heavy (non-hydrogen) atoms. The summed E-state index contributed by atoms with van der Waals surface area (Å²) in [5.74, 6) is 0. The van der Waals surface area contributed by atoms with E-state index in [-0.39, 0.29) is 0 Å². The molecule has 2 rings (SSSR count). The van der Waals surface area contributed by atoms with Crippen molar-refractivity contribution in [3.63, 3.8) is 0 Å². The van der Waals surface area contributed by atoms with Crippen molar-refractivity contribution in [2.24, 2.45) is 0 Å². The van der Waals surface area contributed by atoms with Crippen LogP contribution in [-0.2, 0) is 9.09 Å². The molecule has 0 atom stereocenters. The second-order valence-corrected chi connectivity index (χ2v) is 5.06. The molecule has 0 spiro atoms. The third kappa shape index (κ3) is 0.920. The Morgan fingerprint density at radius 2 is 1.60 bits per heavy atom. The molecule has 4 nitrogen and oxygen atoms in total. The first kappa shape index (κ1) is 6.80. The van der Waals surface area contributed by atoms with Gasteiger partial charge in [0.05, 0.1) is 0 Å². The standard InChI is InChI=1S/C5H11N2O2P/c1-9-10(8,6-2-3-6)7-4-5-7/h2-5H2,1H3. The van der Waals surface area contributed by atoms with E-state index in [0.29, 0.717) is 0 Å². The largest absolute Gasteiger partial charge is 0.345 e. The van der Waals surface area contributed by atoms with Gasteiger partial charge in [-0.15, -0.1) is 0 Å². The Morgan fingerprint density at radius 3 is 1.80 bits per heavy atom. The topological polar surface area (TPSA) is 32.3 Å². The van der Waals surface area contributed by atoms with E-state index in [4.69, 9.17) is 4.52 Å². The summed E-state index contributed by atoms with van der Waals surface area (Å²) in [7, 11) is -0.930. The summed E-state index contributed by atoms with van der Waals surface area (Å²) in [6, 6.07) is 0. The fourth-order valence-corrected chi connectivity index (χ4v) is 3.01. The maximum absolute atomic E-state index is 11.7. The monoisotopic (exact) mass is 162 g/mol. The highest BCUT2D eigenvalue weighted by Gasteiger charge is 2.48. The molecule has 2 saturated heterocycles. The van der Waals surface area contributed by atoms with Gasteiger partial charge in [-0.25, -0.2) is 9.34 Å². The summed E-state index contributed by atoms with van der Waals surface area (Å²) in [4.78, 5) is 0. The van der Waals surface area contributed by atoms with Crippen LogP contribution >= 0.6 is 7.67 Å². The minimum atomic E-state index is -2.46. The molecule has 0 aromatic carbocycles. The third-order valence-corrected chi connectivity index (χ3v) is 4.51. The SMILES string of the molecule is COP(=O)(N1CC1)N1CC1. The first-order chi connectivity index (χ1) is 4.77. The van der Waals surface area contributed by atoms with Gasteiger partial charge in [-0.2, -0.15) is 0 Å². The van der Waals surface area contributed by atoms with Gasteiger partial charge < -0.3 is 4.52 Å². The van der Waals surface area contributed by atoms with Gasteiger partial charge in [0, 0.05) is 33.3 Å². The molecule has 0 radical (unpaired) electrons. The van der Waals surface area contributed by atoms with E-state index in [1.165, 1.54) is 7.11 Å². The lowest BCUT2D eigenvalue weighted by Gasteiger charge is -2.16. The molecule has 0 unspecified atom stereocenters. The van der Waals surface area contributed by atoms with Crippen molar-refractivity contribution >= 4 is 7.67 Å². The average Bonchev–Trinajstić information content (AvgIpc) is 2.73. The minimum absolute atomic E-state index is 0.932. The summed E-state index contributed by atoms with van der Waals surface area (Å²) in [5.41, 5.74) is 0. The molecule has 2 aliphatic heterocycles. The molecular weight excluding hydrogens is 151 g/mol. The van der Waals surface area contributed by atoms with Crippen LogP contribution in [0.4, 0.5) is 0 Å². The van der Waals surface area contributed by atoms with Crippen molar-refractivity contribution in [1.82, 2.24) is 9.34 Å². The van der Waals surface area contributed by atoms with E-state index in [1.54, 1.807) is 0 Å². The van der Waals surface area contributed by atoms with E-state index in [2.05, 4.69) is 0 Å². The van der Waals surface area contributed by atoms with Crippen LogP contribution < -0.4 is 0 Å². The van der Waals surface area contributed by atoms with E-state index in [0.717, 1.165) is 26.2 Å². The molecule has 0 bridgehead atoms. The second-order valence-electron chi connectivity index (χ2n) is 2.58. The van der Waals surface area contributed by atoms with Gasteiger partial charge in [-0.3, -0.25) is 4.57 Å². The maximum Gasteiger partial charge on any atom is 0.345 e. The highest BCUT2D eigenvalue weighted by Crippen LogP contribution is 2.60. The van der Waals surface area contributed by atoms with E-state index < -0.39 is 7.67 Å². The summed E-state index contributed by atoms with van der Waals surface area (Å²) in [5, 5.41) is 0. The molecule has 0 aliphatic carbocycles. The predicted octanol–water partition coefficient (Wildman–Crippen LogP) is 0.372. The molecule has 0 amide bonds. The molecule has 2 fully saturated rings. The van der Waals surface area contributed by atoms with Crippen molar-refractivity contribution in [3.8, 4) is 0 Å². The third-order valence-electron chi connectivity index (χ3n) is 1.80. The lowest BCUT2D eigenvalue weighted by Crippen LogP contribution is -2.05. The van der Waals surface area contributed by atoms with Crippen LogP contribution in [0.15, 0.2) is 0 Å². The Kier molecular flexibility index (Phi) is 1.39. The van der Waals surface area contributed by atoms with Crippen molar-refractivity contribution in [3.05, 3.63) is 0 Å². The van der Waals surface area contributed by atoms with Crippen LogP contribution in [-0.4, -0.2) is 42.6 Å². The highest BCUT2D eigenvalue weighted by molar-refractivity contribution is 7.54. The van der Waals surface area contributed by atoms with Gasteiger partial charge in [0.2, 0.25) is 0 Å². The van der Waals surface area contributed by atoms with Crippen LogP contribution in [0.1, 0.15) is 0 Å². The molecule has 0 saturated carbocycles. The van der Waals surface area contributed by atoms with Gasteiger partial charge in [0.1, 0.15) is 0 Å². The molecular formula is C5H11N2O2P. The zero-order chi connectivity index (χ0) is 7.19. The quantitative estimate of drug-likeness (QED) is 0.443. The molecule has 0 N–H and O–H groups in total. The van der Waals surface area contributed by atoms with E-state index >= 15 is 0 Å². The molecule has 2 aliphatic rings. The number of hydrogen-bond acceptors (Lipinski definition) is 2. The van der Waals surface area contributed by atoms with Crippen molar-refractivity contribution in [2.75, 3.05) is 33.3 Å². The summed E-state index contributed by atoms with van der Waals surface area (Å²) in [6.07, 6.45) is 0. The average molecular weight is 162 g/mol. The normalized spacial score (nSPS) is 26.9. The number of rotatable bonds is 3. The van der Waals surface area contributed by atoms with Gasteiger partial charge in [0.25, 0.3) is 0 Å². The first-order valence-corrected chi connectivity index (χ1v) is 4.97. The second kappa shape index (κ2) is 2.05. The molecule has 58 valence electrons. The van der Waals surface area contributed by atoms with E-state index in [9.17, 15) is 4.57 Å². The minimum Gasteiger partial charge on any atom is -0.309 e. The van der Waals surface area contributed by atoms with Crippen LogP contribution in [0.2, 0.25) is 0 Å². The lowest BCUT2D eigenvalue weighted by atomic mass is 11.0. The Hall–Kier alpha value is 0.110. The molecule has 2 heterocycles. The lowest BCUT2D eigenvalue weighted by molar-refractivity contribution is 0.337. The first-order valence-electron chi connectivity index (χ1n) is 3.44. The summed E-state index contributed by atoms with van der Waals surface area (Å²) >= 11 is 0. The maximum atomic E-state index is 11.7. The van der Waals surface area contributed by atoms with Crippen molar-refractivity contribution in [2.45, 2.75) is 0 Å². The van der Waals surface area contributed by atoms with Crippen LogP contribution in [0, 0.1) is 0 Å². The smallest absolute Gasteiger partial charge is 0.309 e. The van der Waals surface area contributed by atoms with E-state index in [1.807, 2.05) is 9.34 Å². The Labute approximate surface area is 60.3 Å².